The van der Waals surface area contributed by atoms with E-state index in [1.54, 1.807) is 39.8 Å². The molecule has 0 saturated carbocycles. The Hall–Kier alpha value is -1.83. The van der Waals surface area contributed by atoms with Crippen LogP contribution in [0, 0.1) is 5.92 Å². The first-order valence-electron chi connectivity index (χ1n) is 8.84. The fourth-order valence-corrected chi connectivity index (χ4v) is 3.35. The van der Waals surface area contributed by atoms with Crippen LogP contribution in [0.5, 0.6) is 0 Å². The SMILES string of the molecule is CC(=NS(=O)C(C)(C)C)c1cccc(C(F)(F)CCC2CN(C(=O)O)C2)c1. The number of likely N-dealkylation sites (tertiary alicyclic amines) is 1. The highest BCUT2D eigenvalue weighted by Gasteiger charge is 2.36. The van der Waals surface area contributed by atoms with E-state index in [1.165, 1.54) is 17.0 Å². The van der Waals surface area contributed by atoms with Gasteiger partial charge in [-0.15, -0.1) is 0 Å². The van der Waals surface area contributed by atoms with Gasteiger partial charge < -0.3 is 10.0 Å². The molecule has 27 heavy (non-hydrogen) atoms. The molecule has 1 N–H and O–H groups in total. The number of carbonyl (C=O) groups is 1. The average Bonchev–Trinajstić information content (AvgIpc) is 2.52. The normalized spacial score (nSPS) is 17.6. The number of nitrogens with zero attached hydrogens (tertiary/aromatic N) is 2. The van der Waals surface area contributed by atoms with Gasteiger partial charge in [0.15, 0.2) is 0 Å². The molecule has 8 heteroatoms. The van der Waals surface area contributed by atoms with Gasteiger partial charge in [0.05, 0.1) is 10.5 Å². The van der Waals surface area contributed by atoms with Crippen LogP contribution < -0.4 is 0 Å². The Morgan fingerprint density at radius 1 is 1.33 bits per heavy atom. The standard InChI is InChI=1S/C19H26F2N2O3S/c1-13(22-27(26)18(2,3)4)15-6-5-7-16(10-15)19(20,21)9-8-14-11-23(12-14)17(24)25/h5-7,10,14H,8-9,11-12H2,1-4H3,(H,24,25). The van der Waals surface area contributed by atoms with Crippen LogP contribution in [-0.2, 0) is 16.9 Å². The molecule has 0 radical (unpaired) electrons. The molecule has 0 aromatic heterocycles. The molecule has 0 aliphatic carbocycles. The molecule has 2 rings (SSSR count). The van der Waals surface area contributed by atoms with Crippen LogP contribution in [0.25, 0.3) is 0 Å². The van der Waals surface area contributed by atoms with Gasteiger partial charge in [-0.2, -0.15) is 4.40 Å². The van der Waals surface area contributed by atoms with Crippen molar-refractivity contribution in [1.29, 1.82) is 0 Å². The zero-order valence-corrected chi connectivity index (χ0v) is 16.9. The Kier molecular flexibility index (Phi) is 6.39. The lowest BCUT2D eigenvalue weighted by atomic mass is 9.91. The minimum atomic E-state index is -3.01. The lowest BCUT2D eigenvalue weighted by Crippen LogP contribution is -2.49. The fourth-order valence-electron chi connectivity index (χ4n) is 2.72. The van der Waals surface area contributed by atoms with Gasteiger partial charge in [0, 0.05) is 25.1 Å². The molecule has 1 fully saturated rings. The molecule has 150 valence electrons. The molecule has 1 aromatic carbocycles. The Labute approximate surface area is 161 Å². The molecular formula is C19H26F2N2O3S. The second kappa shape index (κ2) is 8.04. The van der Waals surface area contributed by atoms with Crippen LogP contribution in [-0.4, -0.2) is 43.9 Å². The number of halogens is 2. The summed E-state index contributed by atoms with van der Waals surface area (Å²) in [6.45, 7) is 7.70. The van der Waals surface area contributed by atoms with Crippen molar-refractivity contribution in [3.8, 4) is 0 Å². The van der Waals surface area contributed by atoms with E-state index in [0.29, 0.717) is 24.4 Å². The number of amides is 1. The van der Waals surface area contributed by atoms with Crippen LogP contribution in [0.15, 0.2) is 28.7 Å². The monoisotopic (exact) mass is 400 g/mol. The predicted octanol–water partition coefficient (Wildman–Crippen LogP) is 4.44. The van der Waals surface area contributed by atoms with E-state index in [9.17, 15) is 17.8 Å². The largest absolute Gasteiger partial charge is 0.465 e. The summed E-state index contributed by atoms with van der Waals surface area (Å²) in [6.07, 6.45) is -1.08. The van der Waals surface area contributed by atoms with Crippen molar-refractivity contribution in [3.63, 3.8) is 0 Å². The molecular weight excluding hydrogens is 374 g/mol. The van der Waals surface area contributed by atoms with Gasteiger partial charge in [0.25, 0.3) is 5.92 Å². The highest BCUT2D eigenvalue weighted by molar-refractivity contribution is 7.85. The van der Waals surface area contributed by atoms with Crippen LogP contribution >= 0.6 is 0 Å². The summed E-state index contributed by atoms with van der Waals surface area (Å²) in [6, 6.07) is 5.99. The van der Waals surface area contributed by atoms with Crippen LogP contribution in [0.1, 0.15) is 51.7 Å². The van der Waals surface area contributed by atoms with Gasteiger partial charge in [-0.25, -0.2) is 17.8 Å². The topological polar surface area (TPSA) is 70.0 Å². The van der Waals surface area contributed by atoms with Crippen LogP contribution in [0.4, 0.5) is 13.6 Å². The minimum absolute atomic E-state index is 0.0207. The summed E-state index contributed by atoms with van der Waals surface area (Å²) in [4.78, 5) is 12.0. The smallest absolute Gasteiger partial charge is 0.407 e. The lowest BCUT2D eigenvalue weighted by Gasteiger charge is -2.37. The van der Waals surface area contributed by atoms with Crippen LogP contribution in [0.3, 0.4) is 0 Å². The Balaban J connectivity index is 2.06. The summed E-state index contributed by atoms with van der Waals surface area (Å²) in [5.74, 6) is -3.03. The van der Waals surface area contributed by atoms with E-state index in [1.807, 2.05) is 0 Å². The van der Waals surface area contributed by atoms with Crippen molar-refractivity contribution in [2.45, 2.75) is 51.2 Å². The van der Waals surface area contributed by atoms with Gasteiger partial charge in [-0.3, -0.25) is 0 Å². The van der Waals surface area contributed by atoms with E-state index >= 15 is 0 Å². The van der Waals surface area contributed by atoms with E-state index < -0.39 is 27.7 Å². The molecule has 0 spiro atoms. The maximum atomic E-state index is 14.6. The zero-order valence-electron chi connectivity index (χ0n) is 16.0. The first-order chi connectivity index (χ1) is 12.4. The van der Waals surface area contributed by atoms with E-state index in [-0.39, 0.29) is 24.3 Å². The van der Waals surface area contributed by atoms with Crippen molar-refractivity contribution in [1.82, 2.24) is 4.90 Å². The fraction of sp³-hybridized carbons (Fsp3) is 0.579. The quantitative estimate of drug-likeness (QED) is 0.718. The average molecular weight is 400 g/mol. The number of benzene rings is 1. The molecule has 1 unspecified atom stereocenters. The van der Waals surface area contributed by atoms with Gasteiger partial charge in [-0.05, 0) is 51.7 Å². The molecule has 1 atom stereocenters. The third kappa shape index (κ3) is 5.57. The van der Waals surface area contributed by atoms with Gasteiger partial charge >= 0.3 is 6.09 Å². The first-order valence-corrected chi connectivity index (χ1v) is 9.95. The van der Waals surface area contributed by atoms with Gasteiger partial charge in [-0.1, -0.05) is 18.2 Å². The number of hydrogen-bond acceptors (Lipinski definition) is 2. The van der Waals surface area contributed by atoms with Crippen molar-refractivity contribution in [3.05, 3.63) is 35.4 Å². The zero-order chi connectivity index (χ0) is 20.4. The summed E-state index contributed by atoms with van der Waals surface area (Å²) in [5, 5.41) is 8.80. The molecule has 1 heterocycles. The molecule has 1 aromatic rings. The summed E-state index contributed by atoms with van der Waals surface area (Å²) in [7, 11) is -1.46. The highest BCUT2D eigenvalue weighted by Crippen LogP contribution is 2.36. The predicted molar refractivity (Wildman–Crippen MR) is 103 cm³/mol. The van der Waals surface area contributed by atoms with E-state index in [4.69, 9.17) is 5.11 Å². The Morgan fingerprint density at radius 3 is 2.52 bits per heavy atom. The molecule has 1 amide bonds. The maximum absolute atomic E-state index is 14.6. The summed E-state index contributed by atoms with van der Waals surface area (Å²) >= 11 is 0. The minimum Gasteiger partial charge on any atom is -0.465 e. The van der Waals surface area contributed by atoms with Crippen molar-refractivity contribution < 1.29 is 22.9 Å². The molecule has 1 saturated heterocycles. The molecule has 1 aliphatic rings. The van der Waals surface area contributed by atoms with E-state index in [0.717, 1.165) is 0 Å². The number of alkyl halides is 2. The Bertz CT molecular complexity index is 754. The van der Waals surface area contributed by atoms with Crippen molar-refractivity contribution >= 4 is 22.8 Å². The van der Waals surface area contributed by atoms with Gasteiger partial charge in [0.2, 0.25) is 0 Å². The van der Waals surface area contributed by atoms with Gasteiger partial charge in [0.1, 0.15) is 11.0 Å². The Morgan fingerprint density at radius 2 is 1.96 bits per heavy atom. The number of hydrogen-bond donors (Lipinski definition) is 1. The second-order valence-corrected chi connectivity index (χ2v) is 9.82. The first kappa shape index (κ1) is 21.5. The number of rotatable bonds is 6. The molecule has 1 aliphatic heterocycles. The third-order valence-electron chi connectivity index (χ3n) is 4.54. The molecule has 0 bridgehead atoms. The van der Waals surface area contributed by atoms with E-state index in [2.05, 4.69) is 4.40 Å². The van der Waals surface area contributed by atoms with Crippen LogP contribution in [0.2, 0.25) is 0 Å². The molecule has 5 nitrogen and oxygen atoms in total. The van der Waals surface area contributed by atoms with Crippen molar-refractivity contribution in [2.75, 3.05) is 13.1 Å². The third-order valence-corrected chi connectivity index (χ3v) is 6.03. The maximum Gasteiger partial charge on any atom is 0.407 e. The summed E-state index contributed by atoms with van der Waals surface area (Å²) in [5.41, 5.74) is 0.868. The summed E-state index contributed by atoms with van der Waals surface area (Å²) < 4.78 is 45.0. The highest BCUT2D eigenvalue weighted by atomic mass is 32.2. The van der Waals surface area contributed by atoms with Crippen molar-refractivity contribution in [2.24, 2.45) is 10.3 Å². The lowest BCUT2D eigenvalue weighted by molar-refractivity contribution is -0.0272. The number of carboxylic acid groups (broad SMARTS) is 1. The second-order valence-electron chi connectivity index (χ2n) is 7.92.